The summed E-state index contributed by atoms with van der Waals surface area (Å²) in [7, 11) is 0. The first-order valence-electron chi connectivity index (χ1n) is 12.7. The van der Waals surface area contributed by atoms with Crippen LogP contribution in [0, 0.1) is 39.8 Å². The number of anilines is 1. The minimum Gasteiger partial charge on any atom is -0.460 e. The standard InChI is InChI=1S/C28H40FNO4/c1-6-26(4)15-22(34-23(32)16-30-20-10-8-7-9-19(20)29)27(5)17(2)11-13-28(18(3)25(26)33)14-12-21(31)24(27)28/h6-10,17-18,21-22,24-25,30-31,33H,1,11-16H2,2-5H3/t17-,18+,21?,22-,24+,25+,26-,27+,28+/m1/s1. The normalized spacial score (nSPS) is 43.9. The Balaban J connectivity index is 1.69. The van der Waals surface area contributed by atoms with Gasteiger partial charge in [0.15, 0.2) is 0 Å². The third-order valence-corrected chi connectivity index (χ3v) is 10.1. The highest BCUT2D eigenvalue weighted by atomic mass is 19.1. The minimum atomic E-state index is -0.659. The van der Waals surface area contributed by atoms with E-state index in [-0.39, 0.29) is 35.4 Å². The molecule has 34 heavy (non-hydrogen) atoms. The number of hydrogen-bond acceptors (Lipinski definition) is 5. The second kappa shape index (κ2) is 8.94. The van der Waals surface area contributed by atoms with Gasteiger partial charge in [0.25, 0.3) is 0 Å². The van der Waals surface area contributed by atoms with Gasteiger partial charge < -0.3 is 20.3 Å². The summed E-state index contributed by atoms with van der Waals surface area (Å²) in [4.78, 5) is 13.1. The summed E-state index contributed by atoms with van der Waals surface area (Å²) in [5.41, 5.74) is -1.06. The lowest BCUT2D eigenvalue weighted by molar-refractivity contribution is -0.218. The summed E-state index contributed by atoms with van der Waals surface area (Å²) in [5, 5.41) is 25.7. The molecule has 9 atom stereocenters. The Morgan fingerprint density at radius 1 is 1.24 bits per heavy atom. The zero-order chi connectivity index (χ0) is 24.9. The topological polar surface area (TPSA) is 78.8 Å². The van der Waals surface area contributed by atoms with E-state index in [1.807, 2.05) is 6.92 Å². The molecule has 3 aliphatic carbocycles. The molecule has 3 aliphatic rings. The van der Waals surface area contributed by atoms with Gasteiger partial charge in [-0.2, -0.15) is 0 Å². The van der Waals surface area contributed by atoms with Gasteiger partial charge in [-0.25, -0.2) is 4.39 Å². The van der Waals surface area contributed by atoms with Gasteiger partial charge in [-0.15, -0.1) is 6.58 Å². The fourth-order valence-corrected chi connectivity index (χ4v) is 7.77. The first kappa shape index (κ1) is 25.2. The maximum absolute atomic E-state index is 14.0. The van der Waals surface area contributed by atoms with Gasteiger partial charge in [-0.3, -0.25) is 4.79 Å². The van der Waals surface area contributed by atoms with E-state index in [0.717, 1.165) is 19.3 Å². The van der Waals surface area contributed by atoms with Gasteiger partial charge in [-0.05, 0) is 67.4 Å². The molecule has 0 spiro atoms. The summed E-state index contributed by atoms with van der Waals surface area (Å²) in [6.45, 7) is 12.4. The highest BCUT2D eigenvalue weighted by Crippen LogP contribution is 2.68. The van der Waals surface area contributed by atoms with Gasteiger partial charge in [0.1, 0.15) is 18.5 Å². The fraction of sp³-hybridized carbons (Fsp3) is 0.679. The monoisotopic (exact) mass is 473 g/mol. The Morgan fingerprint density at radius 2 is 1.91 bits per heavy atom. The van der Waals surface area contributed by atoms with Crippen molar-refractivity contribution in [3.63, 3.8) is 0 Å². The molecule has 0 heterocycles. The number of rotatable bonds is 5. The smallest absolute Gasteiger partial charge is 0.325 e. The van der Waals surface area contributed by atoms with Crippen LogP contribution in [0.4, 0.5) is 10.1 Å². The molecular weight excluding hydrogens is 433 g/mol. The second-order valence-corrected chi connectivity index (χ2v) is 11.6. The molecule has 1 aromatic rings. The zero-order valence-electron chi connectivity index (χ0n) is 20.9. The first-order chi connectivity index (χ1) is 16.0. The third kappa shape index (κ3) is 3.78. The Morgan fingerprint density at radius 3 is 2.59 bits per heavy atom. The van der Waals surface area contributed by atoms with Crippen LogP contribution in [-0.2, 0) is 9.53 Å². The number of aliphatic hydroxyl groups excluding tert-OH is 2. The maximum atomic E-state index is 14.0. The van der Waals surface area contributed by atoms with Crippen LogP contribution >= 0.6 is 0 Å². The number of nitrogens with one attached hydrogen (secondary N) is 1. The first-order valence-corrected chi connectivity index (χ1v) is 12.7. The van der Waals surface area contributed by atoms with Crippen molar-refractivity contribution in [1.29, 1.82) is 0 Å². The molecule has 0 aliphatic heterocycles. The van der Waals surface area contributed by atoms with Crippen LogP contribution in [0.15, 0.2) is 36.9 Å². The maximum Gasteiger partial charge on any atom is 0.325 e. The van der Waals surface area contributed by atoms with Crippen molar-refractivity contribution in [3.05, 3.63) is 42.7 Å². The van der Waals surface area contributed by atoms with Crippen molar-refractivity contribution >= 4 is 11.7 Å². The molecule has 0 radical (unpaired) electrons. The number of carbonyl (C=O) groups is 1. The molecule has 1 unspecified atom stereocenters. The lowest BCUT2D eigenvalue weighted by atomic mass is 9.43. The molecule has 0 saturated heterocycles. The molecule has 0 aromatic heterocycles. The van der Waals surface area contributed by atoms with E-state index in [1.54, 1.807) is 24.3 Å². The average Bonchev–Trinajstić information content (AvgIpc) is 3.17. The number of ether oxygens (including phenoxy) is 1. The number of esters is 1. The number of aliphatic hydroxyl groups is 2. The van der Waals surface area contributed by atoms with Gasteiger partial charge >= 0.3 is 5.97 Å². The van der Waals surface area contributed by atoms with Crippen LogP contribution in [-0.4, -0.2) is 41.0 Å². The summed E-state index contributed by atoms with van der Waals surface area (Å²) >= 11 is 0. The quantitative estimate of drug-likeness (QED) is 0.417. The van der Waals surface area contributed by atoms with Crippen molar-refractivity contribution in [2.24, 2.45) is 34.0 Å². The molecule has 5 nitrogen and oxygen atoms in total. The lowest BCUT2D eigenvalue weighted by Crippen LogP contribution is -2.63. The van der Waals surface area contributed by atoms with Gasteiger partial charge in [-0.1, -0.05) is 45.9 Å². The van der Waals surface area contributed by atoms with Crippen molar-refractivity contribution in [2.75, 3.05) is 11.9 Å². The summed E-state index contributed by atoms with van der Waals surface area (Å²) in [6, 6.07) is 6.22. The zero-order valence-corrected chi connectivity index (χ0v) is 20.9. The van der Waals surface area contributed by atoms with E-state index >= 15 is 0 Å². The molecule has 4 rings (SSSR count). The van der Waals surface area contributed by atoms with Gasteiger partial charge in [0.2, 0.25) is 0 Å². The Kier molecular flexibility index (Phi) is 6.62. The Hall–Kier alpha value is -1.92. The highest BCUT2D eigenvalue weighted by Gasteiger charge is 2.68. The van der Waals surface area contributed by atoms with E-state index in [1.165, 1.54) is 6.07 Å². The van der Waals surface area contributed by atoms with E-state index < -0.39 is 40.9 Å². The molecule has 2 bridgehead atoms. The number of benzene rings is 1. The fourth-order valence-electron chi connectivity index (χ4n) is 7.77. The lowest BCUT2D eigenvalue weighted by Gasteiger charge is -2.63. The van der Waals surface area contributed by atoms with E-state index in [2.05, 4.69) is 32.7 Å². The van der Waals surface area contributed by atoms with Crippen LogP contribution in [0.5, 0.6) is 0 Å². The number of hydrogen-bond donors (Lipinski definition) is 3. The number of halogens is 1. The molecular formula is C28H40FNO4. The highest BCUT2D eigenvalue weighted by molar-refractivity contribution is 5.75. The second-order valence-electron chi connectivity index (χ2n) is 11.6. The van der Waals surface area contributed by atoms with Crippen LogP contribution in [0.2, 0.25) is 0 Å². The Labute approximate surface area is 202 Å². The average molecular weight is 474 g/mol. The molecule has 3 fully saturated rings. The predicted octanol–water partition coefficient (Wildman–Crippen LogP) is 4.94. The minimum absolute atomic E-state index is 0.0103. The molecule has 1 aromatic carbocycles. The van der Waals surface area contributed by atoms with Gasteiger partial charge in [0, 0.05) is 10.8 Å². The Bertz CT molecular complexity index is 939. The van der Waals surface area contributed by atoms with E-state index in [9.17, 15) is 19.4 Å². The summed E-state index contributed by atoms with van der Waals surface area (Å²) < 4.78 is 20.2. The summed E-state index contributed by atoms with van der Waals surface area (Å²) in [6.07, 6.45) is 4.04. The van der Waals surface area contributed by atoms with Crippen molar-refractivity contribution in [2.45, 2.75) is 78.1 Å². The molecule has 3 N–H and O–H groups in total. The SMILES string of the molecule is C=C[C@]1(C)C[C@@H](OC(=O)CNc2ccccc2F)[C@]2(C)[C@H](C)CC[C@]3(CCC(O)[C@H]32)[C@@H](C)[C@@H]1O. The molecule has 188 valence electrons. The predicted molar refractivity (Wildman–Crippen MR) is 131 cm³/mol. The van der Waals surface area contributed by atoms with E-state index in [4.69, 9.17) is 4.74 Å². The van der Waals surface area contributed by atoms with Crippen molar-refractivity contribution < 1.29 is 24.1 Å². The van der Waals surface area contributed by atoms with Crippen LogP contribution in [0.25, 0.3) is 0 Å². The van der Waals surface area contributed by atoms with Gasteiger partial charge in [0.05, 0.1) is 17.9 Å². The third-order valence-electron chi connectivity index (χ3n) is 10.1. The van der Waals surface area contributed by atoms with E-state index in [0.29, 0.717) is 12.8 Å². The number of para-hydroxylation sites is 1. The van der Waals surface area contributed by atoms with Crippen molar-refractivity contribution in [1.82, 2.24) is 0 Å². The van der Waals surface area contributed by atoms with Crippen LogP contribution < -0.4 is 5.32 Å². The van der Waals surface area contributed by atoms with Crippen molar-refractivity contribution in [3.8, 4) is 0 Å². The molecule has 6 heteroatoms. The largest absolute Gasteiger partial charge is 0.460 e. The van der Waals surface area contributed by atoms with Crippen LogP contribution in [0.3, 0.4) is 0 Å². The molecule has 3 saturated carbocycles. The van der Waals surface area contributed by atoms with Crippen LogP contribution in [0.1, 0.15) is 59.8 Å². The number of carbonyl (C=O) groups excluding carboxylic acids is 1. The summed E-state index contributed by atoms with van der Waals surface area (Å²) in [5.74, 6) is -0.750. The molecule has 0 amide bonds.